The van der Waals surface area contributed by atoms with Crippen LogP contribution in [0.4, 0.5) is 4.39 Å². The summed E-state index contributed by atoms with van der Waals surface area (Å²) < 4.78 is 18.9. The summed E-state index contributed by atoms with van der Waals surface area (Å²) in [6.07, 6.45) is 0. The average Bonchev–Trinajstić information content (AvgIpc) is 2.53. The van der Waals surface area contributed by atoms with Gasteiger partial charge in [0.05, 0.1) is 0 Å². The van der Waals surface area contributed by atoms with E-state index in [4.69, 9.17) is 0 Å². The Labute approximate surface area is 77.2 Å². The number of halogens is 1. The highest BCUT2D eigenvalue weighted by Crippen LogP contribution is 2.13. The van der Waals surface area contributed by atoms with E-state index in [0.29, 0.717) is 11.3 Å². The van der Waals surface area contributed by atoms with E-state index >= 15 is 0 Å². The van der Waals surface area contributed by atoms with Crippen molar-refractivity contribution in [2.75, 3.05) is 0 Å². The maximum atomic E-state index is 12.5. The van der Waals surface area contributed by atoms with Crippen LogP contribution >= 0.6 is 11.7 Å². The largest absolute Gasteiger partial charge is 0.285 e. The van der Waals surface area contributed by atoms with Gasteiger partial charge in [-0.1, -0.05) is 0 Å². The molecular weight excluding hydrogens is 191 g/mol. The van der Waals surface area contributed by atoms with Crippen LogP contribution in [0.5, 0.6) is 0 Å². The molecular formula is C8H5FN2OS. The van der Waals surface area contributed by atoms with E-state index in [1.807, 2.05) is 0 Å². The van der Waals surface area contributed by atoms with Gasteiger partial charge in [0, 0.05) is 17.3 Å². The van der Waals surface area contributed by atoms with Gasteiger partial charge in [-0.15, -0.1) is 0 Å². The van der Waals surface area contributed by atoms with Crippen molar-refractivity contribution < 1.29 is 4.39 Å². The summed E-state index contributed by atoms with van der Waals surface area (Å²) in [5, 5.41) is 0. The maximum Gasteiger partial charge on any atom is 0.285 e. The van der Waals surface area contributed by atoms with Gasteiger partial charge in [0.15, 0.2) is 5.69 Å². The smallest absolute Gasteiger partial charge is 0.266 e. The van der Waals surface area contributed by atoms with Gasteiger partial charge in [0.2, 0.25) is 0 Å². The Morgan fingerprint density at radius 2 is 2.00 bits per heavy atom. The average molecular weight is 196 g/mol. The number of aromatic nitrogens is 2. The van der Waals surface area contributed by atoms with Crippen molar-refractivity contribution >= 4 is 11.7 Å². The molecule has 0 atom stereocenters. The SMILES string of the molecule is O=c1[nH]snc1-c1ccc(F)cc1. The molecule has 1 heterocycles. The summed E-state index contributed by atoms with van der Waals surface area (Å²) in [6, 6.07) is 5.65. The standard InChI is InChI=1S/C8H5FN2OS/c9-6-3-1-5(2-4-6)7-8(12)11-13-10-7/h1-4H,(H,11,12). The van der Waals surface area contributed by atoms with Crippen molar-refractivity contribution in [2.45, 2.75) is 0 Å². The summed E-state index contributed by atoms with van der Waals surface area (Å²) in [7, 11) is 0. The van der Waals surface area contributed by atoms with Crippen LogP contribution in [-0.2, 0) is 0 Å². The molecule has 3 nitrogen and oxygen atoms in total. The van der Waals surface area contributed by atoms with Crippen LogP contribution in [0.25, 0.3) is 11.3 Å². The molecule has 0 bridgehead atoms. The highest BCUT2D eigenvalue weighted by atomic mass is 32.1. The van der Waals surface area contributed by atoms with E-state index in [1.54, 1.807) is 0 Å². The van der Waals surface area contributed by atoms with E-state index in [1.165, 1.54) is 24.3 Å². The minimum Gasteiger partial charge on any atom is -0.266 e. The maximum absolute atomic E-state index is 12.5. The zero-order valence-corrected chi connectivity index (χ0v) is 7.27. The van der Waals surface area contributed by atoms with E-state index in [0.717, 1.165) is 11.7 Å². The lowest BCUT2D eigenvalue weighted by Crippen LogP contribution is -2.01. The molecule has 0 radical (unpaired) electrons. The van der Waals surface area contributed by atoms with Gasteiger partial charge in [-0.25, -0.2) is 4.39 Å². The molecule has 0 unspecified atom stereocenters. The quantitative estimate of drug-likeness (QED) is 0.753. The molecule has 0 saturated heterocycles. The van der Waals surface area contributed by atoms with Crippen LogP contribution in [0.1, 0.15) is 0 Å². The highest BCUT2D eigenvalue weighted by molar-refractivity contribution is 6.99. The van der Waals surface area contributed by atoms with Crippen LogP contribution in [0, 0.1) is 5.82 Å². The second-order valence-electron chi connectivity index (χ2n) is 2.47. The van der Waals surface area contributed by atoms with Crippen LogP contribution in [0.15, 0.2) is 29.1 Å². The number of hydrogen-bond donors (Lipinski definition) is 1. The molecule has 0 fully saturated rings. The zero-order chi connectivity index (χ0) is 9.26. The monoisotopic (exact) mass is 196 g/mol. The molecule has 0 spiro atoms. The fourth-order valence-corrected chi connectivity index (χ4v) is 1.50. The minimum atomic E-state index is -0.324. The molecule has 0 aliphatic heterocycles. The van der Waals surface area contributed by atoms with Crippen molar-refractivity contribution in [2.24, 2.45) is 0 Å². The third-order valence-electron chi connectivity index (χ3n) is 1.61. The van der Waals surface area contributed by atoms with Gasteiger partial charge in [0.25, 0.3) is 5.56 Å². The lowest BCUT2D eigenvalue weighted by Gasteiger charge is -1.92. The molecule has 0 amide bonds. The molecule has 0 aliphatic rings. The first kappa shape index (κ1) is 8.12. The summed E-state index contributed by atoms with van der Waals surface area (Å²) in [5.41, 5.74) is 0.727. The molecule has 5 heteroatoms. The number of rotatable bonds is 1. The summed E-state index contributed by atoms with van der Waals surface area (Å²) in [5.74, 6) is -0.324. The molecule has 1 aromatic heterocycles. The fourth-order valence-electron chi connectivity index (χ4n) is 0.991. The summed E-state index contributed by atoms with van der Waals surface area (Å²) in [4.78, 5) is 11.1. The third-order valence-corrected chi connectivity index (χ3v) is 2.16. The number of H-pyrrole nitrogens is 1. The van der Waals surface area contributed by atoms with Crippen molar-refractivity contribution in [1.82, 2.24) is 8.75 Å². The predicted octanol–water partition coefficient (Wildman–Crippen LogP) is 1.64. The number of aromatic amines is 1. The Hall–Kier alpha value is -1.49. The van der Waals surface area contributed by atoms with Crippen molar-refractivity contribution in [3.8, 4) is 11.3 Å². The lowest BCUT2D eigenvalue weighted by atomic mass is 10.2. The van der Waals surface area contributed by atoms with E-state index < -0.39 is 0 Å². The summed E-state index contributed by atoms with van der Waals surface area (Å²) in [6.45, 7) is 0. The van der Waals surface area contributed by atoms with Gasteiger partial charge in [-0.3, -0.25) is 9.17 Å². The van der Waals surface area contributed by atoms with Crippen molar-refractivity contribution in [1.29, 1.82) is 0 Å². The van der Waals surface area contributed by atoms with Crippen LogP contribution in [0.3, 0.4) is 0 Å². The molecule has 1 N–H and O–H groups in total. The Bertz CT molecular complexity index is 459. The molecule has 13 heavy (non-hydrogen) atoms. The summed E-state index contributed by atoms with van der Waals surface area (Å²) >= 11 is 0.984. The van der Waals surface area contributed by atoms with Crippen molar-refractivity contribution in [3.63, 3.8) is 0 Å². The molecule has 2 rings (SSSR count). The zero-order valence-electron chi connectivity index (χ0n) is 6.45. The second kappa shape index (κ2) is 3.10. The van der Waals surface area contributed by atoms with Crippen LogP contribution in [0.2, 0.25) is 0 Å². The Morgan fingerprint density at radius 1 is 1.31 bits per heavy atom. The number of hydrogen-bond acceptors (Lipinski definition) is 3. The molecule has 1 aromatic carbocycles. The van der Waals surface area contributed by atoms with Crippen LogP contribution < -0.4 is 5.56 Å². The first-order valence-electron chi connectivity index (χ1n) is 3.57. The Kier molecular flexibility index (Phi) is 1.94. The fraction of sp³-hybridized carbons (Fsp3) is 0. The minimum absolute atomic E-state index is 0.239. The molecule has 0 saturated carbocycles. The van der Waals surface area contributed by atoms with Crippen LogP contribution in [-0.4, -0.2) is 8.75 Å². The highest BCUT2D eigenvalue weighted by Gasteiger charge is 2.05. The molecule has 0 aliphatic carbocycles. The van der Waals surface area contributed by atoms with E-state index in [2.05, 4.69) is 8.75 Å². The number of nitrogens with zero attached hydrogens (tertiary/aromatic N) is 1. The molecule has 66 valence electrons. The van der Waals surface area contributed by atoms with Gasteiger partial charge in [0.1, 0.15) is 5.82 Å². The third kappa shape index (κ3) is 1.50. The van der Waals surface area contributed by atoms with Gasteiger partial charge in [-0.2, -0.15) is 4.37 Å². The Morgan fingerprint density at radius 3 is 2.54 bits per heavy atom. The topological polar surface area (TPSA) is 45.8 Å². The lowest BCUT2D eigenvalue weighted by molar-refractivity contribution is 0.628. The first-order chi connectivity index (χ1) is 6.27. The first-order valence-corrected chi connectivity index (χ1v) is 4.35. The Balaban J connectivity index is 2.54. The predicted molar refractivity (Wildman–Crippen MR) is 48.1 cm³/mol. The van der Waals surface area contributed by atoms with E-state index in [9.17, 15) is 9.18 Å². The van der Waals surface area contributed by atoms with E-state index in [-0.39, 0.29) is 11.4 Å². The van der Waals surface area contributed by atoms with Crippen molar-refractivity contribution in [3.05, 3.63) is 40.4 Å². The van der Waals surface area contributed by atoms with Gasteiger partial charge >= 0.3 is 0 Å². The van der Waals surface area contributed by atoms with Gasteiger partial charge in [-0.05, 0) is 24.3 Å². The second-order valence-corrected chi connectivity index (χ2v) is 3.04. The normalized spacial score (nSPS) is 10.2. The molecule has 2 aromatic rings. The number of nitrogens with one attached hydrogen (secondary N) is 1. The van der Waals surface area contributed by atoms with Gasteiger partial charge < -0.3 is 0 Å². The number of benzene rings is 1.